The zero-order chi connectivity index (χ0) is 27.6. The molecule has 202 valence electrons. The van der Waals surface area contributed by atoms with Gasteiger partial charge in [0.05, 0.1) is 12.5 Å². The number of hydrogen-bond acceptors (Lipinski definition) is 10. The second-order valence-corrected chi connectivity index (χ2v) is 10.9. The highest BCUT2D eigenvalue weighted by molar-refractivity contribution is 7.86. The van der Waals surface area contributed by atoms with E-state index in [4.69, 9.17) is 13.1 Å². The van der Waals surface area contributed by atoms with E-state index in [2.05, 4.69) is 16.0 Å². The van der Waals surface area contributed by atoms with Gasteiger partial charge in [-0.25, -0.2) is 0 Å². The SMILES string of the molecule is CNC(=O)C(Cc1ccc(OS(C)(=O)=O)cc1)NC(=O)COCC(=O)Nc1cccc(OS(C)(=O)=O)c1. The molecule has 0 bridgehead atoms. The molecule has 0 aliphatic rings. The third kappa shape index (κ3) is 11.7. The average molecular weight is 558 g/mol. The lowest BCUT2D eigenvalue weighted by atomic mass is 10.1. The maximum Gasteiger partial charge on any atom is 0.306 e. The van der Waals surface area contributed by atoms with E-state index < -0.39 is 57.2 Å². The Kier molecular flexibility index (Phi) is 10.4. The summed E-state index contributed by atoms with van der Waals surface area (Å²) in [5, 5.41) is 7.44. The van der Waals surface area contributed by atoms with E-state index >= 15 is 0 Å². The number of anilines is 1. The number of carbonyl (C=O) groups is 3. The lowest BCUT2D eigenvalue weighted by Gasteiger charge is -2.17. The van der Waals surface area contributed by atoms with E-state index in [9.17, 15) is 31.2 Å². The Morgan fingerprint density at radius 1 is 0.838 bits per heavy atom. The Balaban J connectivity index is 1.86. The minimum absolute atomic E-state index is 0.0124. The molecule has 0 radical (unpaired) electrons. The summed E-state index contributed by atoms with van der Waals surface area (Å²) in [5.41, 5.74) is 0.879. The third-order valence-corrected chi connectivity index (χ3v) is 5.33. The molecule has 0 saturated carbocycles. The van der Waals surface area contributed by atoms with Gasteiger partial charge in [-0.1, -0.05) is 18.2 Å². The van der Waals surface area contributed by atoms with Crippen LogP contribution < -0.4 is 24.3 Å². The van der Waals surface area contributed by atoms with Crippen molar-refractivity contribution in [3.63, 3.8) is 0 Å². The largest absolute Gasteiger partial charge is 0.383 e. The topological polar surface area (TPSA) is 183 Å². The van der Waals surface area contributed by atoms with Gasteiger partial charge in [-0.2, -0.15) is 16.8 Å². The molecule has 0 aliphatic heterocycles. The summed E-state index contributed by atoms with van der Waals surface area (Å²) in [6.07, 6.45) is 1.90. The summed E-state index contributed by atoms with van der Waals surface area (Å²) in [5.74, 6) is -1.62. The van der Waals surface area contributed by atoms with Crippen molar-refractivity contribution in [1.82, 2.24) is 10.6 Å². The summed E-state index contributed by atoms with van der Waals surface area (Å²) in [7, 11) is -6.01. The molecular formula is C22H27N3O10S2. The first kappa shape index (κ1) is 29.5. The summed E-state index contributed by atoms with van der Waals surface area (Å²) < 4.78 is 59.5. The number of carbonyl (C=O) groups excluding carboxylic acids is 3. The highest BCUT2D eigenvalue weighted by Gasteiger charge is 2.21. The summed E-state index contributed by atoms with van der Waals surface area (Å²) in [6.45, 7) is -1.00. The fourth-order valence-corrected chi connectivity index (χ4v) is 3.86. The van der Waals surface area contributed by atoms with Crippen LogP contribution in [0.1, 0.15) is 5.56 Å². The van der Waals surface area contributed by atoms with E-state index in [-0.39, 0.29) is 23.6 Å². The van der Waals surface area contributed by atoms with E-state index in [1.165, 1.54) is 43.4 Å². The van der Waals surface area contributed by atoms with Crippen LogP contribution in [0.5, 0.6) is 11.5 Å². The molecule has 0 spiro atoms. The number of hydrogen-bond donors (Lipinski definition) is 3. The molecule has 0 fully saturated rings. The molecule has 3 N–H and O–H groups in total. The number of likely N-dealkylation sites (N-methyl/N-ethyl adjacent to an activating group) is 1. The molecular weight excluding hydrogens is 530 g/mol. The molecule has 2 rings (SSSR count). The number of ether oxygens (including phenoxy) is 1. The minimum atomic E-state index is -3.73. The van der Waals surface area contributed by atoms with Gasteiger partial charge in [0.2, 0.25) is 17.7 Å². The van der Waals surface area contributed by atoms with Crippen molar-refractivity contribution in [3.8, 4) is 11.5 Å². The van der Waals surface area contributed by atoms with Gasteiger partial charge in [0.25, 0.3) is 0 Å². The van der Waals surface area contributed by atoms with Crippen LogP contribution in [0, 0.1) is 0 Å². The van der Waals surface area contributed by atoms with Crippen LogP contribution in [-0.4, -0.2) is 73.4 Å². The standard InChI is InChI=1S/C22H27N3O10S2/c1-23-22(28)19(11-15-7-9-17(10-8-15)34-36(2,29)30)25-21(27)14-33-13-20(26)24-16-5-4-6-18(12-16)35-37(3,31)32/h4-10,12,19H,11,13-14H2,1-3H3,(H,23,28)(H,24,26)(H,25,27). The zero-order valence-corrected chi connectivity index (χ0v) is 21.8. The van der Waals surface area contributed by atoms with Crippen molar-refractivity contribution in [2.45, 2.75) is 12.5 Å². The summed E-state index contributed by atoms with van der Waals surface area (Å²) in [6, 6.07) is 10.7. The predicted molar refractivity (Wildman–Crippen MR) is 133 cm³/mol. The molecule has 2 aromatic rings. The first-order chi connectivity index (χ1) is 17.2. The van der Waals surface area contributed by atoms with Crippen molar-refractivity contribution in [2.24, 2.45) is 0 Å². The van der Waals surface area contributed by atoms with Gasteiger partial charge in [0.15, 0.2) is 0 Å². The van der Waals surface area contributed by atoms with Crippen LogP contribution >= 0.6 is 0 Å². The van der Waals surface area contributed by atoms with Gasteiger partial charge in [-0.3, -0.25) is 14.4 Å². The van der Waals surface area contributed by atoms with Gasteiger partial charge in [0, 0.05) is 25.2 Å². The van der Waals surface area contributed by atoms with Crippen molar-refractivity contribution < 1.29 is 44.3 Å². The molecule has 1 unspecified atom stereocenters. The number of amides is 3. The van der Waals surface area contributed by atoms with E-state index in [1.807, 2.05) is 0 Å². The van der Waals surface area contributed by atoms with Crippen LogP contribution in [0.2, 0.25) is 0 Å². The fraction of sp³-hybridized carbons (Fsp3) is 0.318. The Hall–Kier alpha value is -3.69. The monoisotopic (exact) mass is 557 g/mol. The van der Waals surface area contributed by atoms with E-state index in [0.29, 0.717) is 5.56 Å². The lowest BCUT2D eigenvalue weighted by Crippen LogP contribution is -2.48. The molecule has 0 saturated heterocycles. The van der Waals surface area contributed by atoms with Crippen LogP contribution in [0.3, 0.4) is 0 Å². The Morgan fingerprint density at radius 3 is 2.03 bits per heavy atom. The average Bonchev–Trinajstić information content (AvgIpc) is 2.77. The second kappa shape index (κ2) is 13.0. The number of rotatable bonds is 13. The van der Waals surface area contributed by atoms with Crippen molar-refractivity contribution >= 4 is 43.6 Å². The van der Waals surface area contributed by atoms with Gasteiger partial charge in [-0.05, 0) is 29.8 Å². The van der Waals surface area contributed by atoms with Gasteiger partial charge in [-0.15, -0.1) is 0 Å². The normalized spacial score (nSPS) is 12.2. The molecule has 2 aromatic carbocycles. The molecule has 0 aromatic heterocycles. The first-order valence-corrected chi connectivity index (χ1v) is 14.2. The molecule has 37 heavy (non-hydrogen) atoms. The minimum Gasteiger partial charge on any atom is -0.383 e. The molecule has 15 heteroatoms. The van der Waals surface area contributed by atoms with E-state index in [1.54, 1.807) is 12.1 Å². The molecule has 3 amide bonds. The van der Waals surface area contributed by atoms with E-state index in [0.717, 1.165) is 12.5 Å². The van der Waals surface area contributed by atoms with Gasteiger partial charge < -0.3 is 29.1 Å². The predicted octanol–water partition coefficient (Wildman–Crippen LogP) is -0.208. The Labute approximate surface area is 214 Å². The third-order valence-electron chi connectivity index (χ3n) is 4.34. The highest BCUT2D eigenvalue weighted by Crippen LogP contribution is 2.18. The molecule has 0 heterocycles. The van der Waals surface area contributed by atoms with Crippen LogP contribution in [-0.2, 0) is 45.8 Å². The fourth-order valence-electron chi connectivity index (χ4n) is 2.95. The Bertz CT molecular complexity index is 1330. The summed E-state index contributed by atoms with van der Waals surface area (Å²) >= 11 is 0. The maximum absolute atomic E-state index is 12.3. The lowest BCUT2D eigenvalue weighted by molar-refractivity contribution is -0.132. The first-order valence-electron chi connectivity index (χ1n) is 10.6. The Morgan fingerprint density at radius 2 is 1.43 bits per heavy atom. The van der Waals surface area contributed by atoms with Crippen LogP contribution in [0.15, 0.2) is 48.5 Å². The number of benzene rings is 2. The smallest absolute Gasteiger partial charge is 0.306 e. The van der Waals surface area contributed by atoms with Crippen molar-refractivity contribution in [3.05, 3.63) is 54.1 Å². The van der Waals surface area contributed by atoms with Crippen molar-refractivity contribution in [2.75, 3.05) is 38.1 Å². The molecule has 1 atom stereocenters. The molecule has 13 nitrogen and oxygen atoms in total. The highest BCUT2D eigenvalue weighted by atomic mass is 32.2. The van der Waals surface area contributed by atoms with Gasteiger partial charge in [0.1, 0.15) is 30.8 Å². The van der Waals surface area contributed by atoms with Crippen molar-refractivity contribution in [1.29, 1.82) is 0 Å². The summed E-state index contributed by atoms with van der Waals surface area (Å²) in [4.78, 5) is 36.6. The van der Waals surface area contributed by atoms with Crippen LogP contribution in [0.4, 0.5) is 5.69 Å². The van der Waals surface area contributed by atoms with Crippen LogP contribution in [0.25, 0.3) is 0 Å². The maximum atomic E-state index is 12.3. The zero-order valence-electron chi connectivity index (χ0n) is 20.2. The second-order valence-electron chi connectivity index (χ2n) is 7.73. The quantitative estimate of drug-likeness (QED) is 0.279. The van der Waals surface area contributed by atoms with Gasteiger partial charge >= 0.3 is 20.2 Å². The molecule has 0 aliphatic carbocycles. The number of nitrogens with one attached hydrogen (secondary N) is 3.